The molecule has 1 aromatic heterocycles. The zero-order valence-electron chi connectivity index (χ0n) is 11.2. The van der Waals surface area contributed by atoms with Crippen LogP contribution in [-0.4, -0.2) is 29.1 Å². The average Bonchev–Trinajstić information content (AvgIpc) is 2.97. The summed E-state index contributed by atoms with van der Waals surface area (Å²) in [5, 5.41) is 14.9. The third-order valence-corrected chi connectivity index (χ3v) is 3.57. The lowest BCUT2D eigenvalue weighted by atomic mass is 10.1. The fraction of sp³-hybridized carbons (Fsp3) is 0.357. The Morgan fingerprint density at radius 1 is 1.48 bits per heavy atom. The van der Waals surface area contributed by atoms with E-state index in [-0.39, 0.29) is 17.6 Å². The van der Waals surface area contributed by atoms with Crippen LogP contribution in [0.25, 0.3) is 10.8 Å². The van der Waals surface area contributed by atoms with E-state index in [1.807, 2.05) is 0 Å². The molecule has 1 unspecified atom stereocenters. The normalized spacial score (nSPS) is 18.0. The van der Waals surface area contributed by atoms with Gasteiger partial charge in [0.05, 0.1) is 21.8 Å². The van der Waals surface area contributed by atoms with E-state index < -0.39 is 10.7 Å². The number of fused-ring (bicyclic) bond motifs is 1. The van der Waals surface area contributed by atoms with Crippen molar-refractivity contribution >= 4 is 16.5 Å². The van der Waals surface area contributed by atoms with Crippen LogP contribution < -0.4 is 10.1 Å². The van der Waals surface area contributed by atoms with E-state index in [0.29, 0.717) is 17.4 Å². The molecular formula is C14H14FN3O3. The first-order valence-corrected chi connectivity index (χ1v) is 6.74. The molecule has 1 atom stereocenters. The first-order valence-electron chi connectivity index (χ1n) is 6.74. The molecule has 1 aliphatic rings. The summed E-state index contributed by atoms with van der Waals surface area (Å²) in [5.41, 5.74) is -0.281. The SMILES string of the molecule is O=[N+]([O-])c1cc(F)cc2c(OCC3CCCN3)nccc12. The van der Waals surface area contributed by atoms with Crippen LogP contribution >= 0.6 is 0 Å². The van der Waals surface area contributed by atoms with Gasteiger partial charge in [0.15, 0.2) is 0 Å². The summed E-state index contributed by atoms with van der Waals surface area (Å²) < 4.78 is 19.2. The number of pyridine rings is 1. The summed E-state index contributed by atoms with van der Waals surface area (Å²) in [6, 6.07) is 3.86. The van der Waals surface area contributed by atoms with Gasteiger partial charge in [-0.2, -0.15) is 0 Å². The highest BCUT2D eigenvalue weighted by Crippen LogP contribution is 2.31. The topological polar surface area (TPSA) is 77.3 Å². The maximum absolute atomic E-state index is 13.6. The van der Waals surface area contributed by atoms with Crippen molar-refractivity contribution in [1.82, 2.24) is 10.3 Å². The van der Waals surface area contributed by atoms with Crippen molar-refractivity contribution < 1.29 is 14.1 Å². The largest absolute Gasteiger partial charge is 0.476 e. The van der Waals surface area contributed by atoms with Gasteiger partial charge in [0.25, 0.3) is 5.69 Å². The minimum atomic E-state index is -0.675. The van der Waals surface area contributed by atoms with E-state index in [4.69, 9.17) is 4.74 Å². The number of halogens is 1. The highest BCUT2D eigenvalue weighted by molar-refractivity contribution is 5.94. The molecule has 0 bridgehead atoms. The molecule has 1 aromatic carbocycles. The van der Waals surface area contributed by atoms with Gasteiger partial charge in [-0.15, -0.1) is 0 Å². The predicted molar refractivity (Wildman–Crippen MR) is 74.9 cm³/mol. The molecule has 1 saturated heterocycles. The van der Waals surface area contributed by atoms with Gasteiger partial charge in [0.1, 0.15) is 12.4 Å². The van der Waals surface area contributed by atoms with Crippen molar-refractivity contribution in [3.8, 4) is 5.88 Å². The molecule has 0 amide bonds. The Hall–Kier alpha value is -2.28. The fourth-order valence-electron chi connectivity index (χ4n) is 2.55. The number of nitrogens with zero attached hydrogens (tertiary/aromatic N) is 2. The standard InChI is InChI=1S/C14H14FN3O3/c15-9-6-12-11(13(7-9)18(19)20)3-5-17-14(12)21-8-10-2-1-4-16-10/h3,5-7,10,16H,1-2,4,8H2. The molecule has 1 fully saturated rings. The minimum absolute atomic E-state index is 0.226. The number of nitro benzene ring substituents is 1. The number of ether oxygens (including phenoxy) is 1. The molecule has 0 aliphatic carbocycles. The van der Waals surface area contributed by atoms with E-state index >= 15 is 0 Å². The van der Waals surface area contributed by atoms with Crippen LogP contribution in [0.2, 0.25) is 0 Å². The Morgan fingerprint density at radius 2 is 2.33 bits per heavy atom. The Bertz CT molecular complexity index is 686. The third-order valence-electron chi connectivity index (χ3n) is 3.57. The van der Waals surface area contributed by atoms with Crippen LogP contribution in [0.3, 0.4) is 0 Å². The monoisotopic (exact) mass is 291 g/mol. The second kappa shape index (κ2) is 5.61. The van der Waals surface area contributed by atoms with Crippen LogP contribution in [0, 0.1) is 15.9 Å². The number of non-ortho nitro benzene ring substituents is 1. The third kappa shape index (κ3) is 2.78. The molecule has 1 N–H and O–H groups in total. The van der Waals surface area contributed by atoms with Crippen LogP contribution in [0.1, 0.15) is 12.8 Å². The van der Waals surface area contributed by atoms with E-state index in [1.165, 1.54) is 18.3 Å². The molecular weight excluding hydrogens is 277 g/mol. The molecule has 0 spiro atoms. The van der Waals surface area contributed by atoms with Gasteiger partial charge in [-0.25, -0.2) is 9.37 Å². The number of aromatic nitrogens is 1. The molecule has 2 aromatic rings. The predicted octanol–water partition coefficient (Wildman–Crippen LogP) is 2.41. The van der Waals surface area contributed by atoms with Crippen molar-refractivity contribution in [2.45, 2.75) is 18.9 Å². The maximum atomic E-state index is 13.6. The Morgan fingerprint density at radius 3 is 3.05 bits per heavy atom. The van der Waals surface area contributed by atoms with Crippen molar-refractivity contribution in [2.75, 3.05) is 13.2 Å². The van der Waals surface area contributed by atoms with Gasteiger partial charge >= 0.3 is 0 Å². The molecule has 110 valence electrons. The zero-order valence-corrected chi connectivity index (χ0v) is 11.2. The fourth-order valence-corrected chi connectivity index (χ4v) is 2.55. The van der Waals surface area contributed by atoms with Gasteiger partial charge in [0.2, 0.25) is 5.88 Å². The van der Waals surface area contributed by atoms with Crippen LogP contribution in [-0.2, 0) is 0 Å². The van der Waals surface area contributed by atoms with Gasteiger partial charge in [-0.3, -0.25) is 10.1 Å². The van der Waals surface area contributed by atoms with Crippen LogP contribution in [0.5, 0.6) is 5.88 Å². The maximum Gasteiger partial charge on any atom is 0.280 e. The second-order valence-electron chi connectivity index (χ2n) is 5.00. The lowest BCUT2D eigenvalue weighted by Gasteiger charge is -2.12. The van der Waals surface area contributed by atoms with E-state index in [2.05, 4.69) is 10.3 Å². The van der Waals surface area contributed by atoms with Gasteiger partial charge in [0, 0.05) is 12.2 Å². The number of nitro groups is 1. The minimum Gasteiger partial charge on any atom is -0.476 e. The van der Waals surface area contributed by atoms with Gasteiger partial charge in [-0.05, 0) is 31.5 Å². The van der Waals surface area contributed by atoms with E-state index in [0.717, 1.165) is 25.5 Å². The first kappa shape index (κ1) is 13.7. The van der Waals surface area contributed by atoms with Gasteiger partial charge in [-0.1, -0.05) is 0 Å². The van der Waals surface area contributed by atoms with Crippen LogP contribution in [0.4, 0.5) is 10.1 Å². The molecule has 6 nitrogen and oxygen atoms in total. The summed E-state index contributed by atoms with van der Waals surface area (Å²) >= 11 is 0. The van der Waals surface area contributed by atoms with Crippen molar-refractivity contribution in [3.63, 3.8) is 0 Å². The quantitative estimate of drug-likeness (QED) is 0.691. The van der Waals surface area contributed by atoms with Crippen molar-refractivity contribution in [1.29, 1.82) is 0 Å². The van der Waals surface area contributed by atoms with Crippen molar-refractivity contribution in [3.05, 3.63) is 40.3 Å². The van der Waals surface area contributed by atoms with Gasteiger partial charge < -0.3 is 10.1 Å². The summed E-state index contributed by atoms with van der Waals surface area (Å²) in [4.78, 5) is 14.5. The smallest absolute Gasteiger partial charge is 0.280 e. The summed E-state index contributed by atoms with van der Waals surface area (Å²) in [7, 11) is 0. The van der Waals surface area contributed by atoms with E-state index in [9.17, 15) is 14.5 Å². The Kier molecular flexibility index (Phi) is 3.66. The summed E-state index contributed by atoms with van der Waals surface area (Å²) in [6.07, 6.45) is 3.54. The van der Waals surface area contributed by atoms with Crippen LogP contribution in [0.15, 0.2) is 24.4 Å². The number of hydrogen-bond donors (Lipinski definition) is 1. The van der Waals surface area contributed by atoms with E-state index in [1.54, 1.807) is 0 Å². The molecule has 1 aliphatic heterocycles. The molecule has 0 radical (unpaired) electrons. The zero-order chi connectivity index (χ0) is 14.8. The molecule has 2 heterocycles. The Balaban J connectivity index is 1.96. The lowest BCUT2D eigenvalue weighted by molar-refractivity contribution is -0.383. The first-order chi connectivity index (χ1) is 10.1. The molecule has 7 heteroatoms. The number of rotatable bonds is 4. The number of benzene rings is 1. The Labute approximate surface area is 120 Å². The second-order valence-corrected chi connectivity index (χ2v) is 5.00. The average molecular weight is 291 g/mol. The highest BCUT2D eigenvalue weighted by Gasteiger charge is 2.19. The highest BCUT2D eigenvalue weighted by atomic mass is 19.1. The number of hydrogen-bond acceptors (Lipinski definition) is 5. The number of nitrogens with one attached hydrogen (secondary N) is 1. The lowest BCUT2D eigenvalue weighted by Crippen LogP contribution is -2.28. The molecule has 0 saturated carbocycles. The summed E-state index contributed by atoms with van der Waals surface area (Å²) in [5.74, 6) is -0.449. The molecule has 21 heavy (non-hydrogen) atoms. The van der Waals surface area contributed by atoms with Crippen molar-refractivity contribution in [2.24, 2.45) is 0 Å². The summed E-state index contributed by atoms with van der Waals surface area (Å²) in [6.45, 7) is 1.37. The molecule has 3 rings (SSSR count).